The topological polar surface area (TPSA) is 57.5 Å². The average Bonchev–Trinajstić information content (AvgIpc) is 2.01. The second-order valence-corrected chi connectivity index (χ2v) is 5.38. The largest absolute Gasteiger partial charge is 0.481 e. The van der Waals surface area contributed by atoms with E-state index in [1.54, 1.807) is 0 Å². The SMILES string of the molecule is CC(C)(C)C1CCC(O)CC1C(=O)O. The molecule has 3 nitrogen and oxygen atoms in total. The zero-order valence-corrected chi connectivity index (χ0v) is 9.16. The van der Waals surface area contributed by atoms with Gasteiger partial charge in [0, 0.05) is 0 Å². The summed E-state index contributed by atoms with van der Waals surface area (Å²) >= 11 is 0. The van der Waals surface area contributed by atoms with Crippen molar-refractivity contribution in [1.82, 2.24) is 0 Å². The molecular formula is C11H20O3. The van der Waals surface area contributed by atoms with Crippen LogP contribution in [0.1, 0.15) is 40.0 Å². The third kappa shape index (κ3) is 2.47. The van der Waals surface area contributed by atoms with Crippen LogP contribution in [0.3, 0.4) is 0 Å². The number of aliphatic hydroxyl groups is 1. The zero-order valence-electron chi connectivity index (χ0n) is 9.16. The average molecular weight is 200 g/mol. The molecule has 0 heterocycles. The van der Waals surface area contributed by atoms with E-state index in [4.69, 9.17) is 5.11 Å². The number of hydrogen-bond donors (Lipinski definition) is 2. The third-order valence-electron chi connectivity index (χ3n) is 3.25. The fourth-order valence-corrected chi connectivity index (χ4v) is 2.46. The van der Waals surface area contributed by atoms with Crippen molar-refractivity contribution in [2.45, 2.75) is 46.1 Å². The second-order valence-electron chi connectivity index (χ2n) is 5.38. The second kappa shape index (κ2) is 3.89. The standard InChI is InChI=1S/C11H20O3/c1-11(2,3)9-5-4-7(12)6-8(9)10(13)14/h7-9,12H,4-6H2,1-3H3,(H,13,14). The molecule has 0 aromatic carbocycles. The minimum Gasteiger partial charge on any atom is -0.481 e. The van der Waals surface area contributed by atoms with Gasteiger partial charge in [-0.05, 0) is 30.6 Å². The Morgan fingerprint density at radius 3 is 2.29 bits per heavy atom. The van der Waals surface area contributed by atoms with Gasteiger partial charge in [0.1, 0.15) is 0 Å². The van der Waals surface area contributed by atoms with Gasteiger partial charge < -0.3 is 10.2 Å². The van der Waals surface area contributed by atoms with E-state index in [0.717, 1.165) is 12.8 Å². The van der Waals surface area contributed by atoms with E-state index in [0.29, 0.717) is 6.42 Å². The Balaban J connectivity index is 2.78. The van der Waals surface area contributed by atoms with E-state index in [1.165, 1.54) is 0 Å². The van der Waals surface area contributed by atoms with Gasteiger partial charge in [0.25, 0.3) is 0 Å². The number of carbonyl (C=O) groups is 1. The van der Waals surface area contributed by atoms with Gasteiger partial charge in [-0.2, -0.15) is 0 Å². The molecule has 1 rings (SSSR count). The summed E-state index contributed by atoms with van der Waals surface area (Å²) in [4.78, 5) is 11.0. The summed E-state index contributed by atoms with van der Waals surface area (Å²) in [6.07, 6.45) is 1.56. The molecule has 3 heteroatoms. The minimum atomic E-state index is -0.760. The van der Waals surface area contributed by atoms with Gasteiger partial charge in [0.05, 0.1) is 12.0 Å². The molecule has 3 atom stereocenters. The lowest BCUT2D eigenvalue weighted by atomic mass is 9.66. The zero-order chi connectivity index (χ0) is 10.9. The molecule has 82 valence electrons. The van der Waals surface area contributed by atoms with Crippen molar-refractivity contribution in [2.75, 3.05) is 0 Å². The molecule has 0 spiro atoms. The summed E-state index contributed by atoms with van der Waals surface area (Å²) in [5.74, 6) is -0.953. The molecule has 3 unspecified atom stereocenters. The third-order valence-corrected chi connectivity index (χ3v) is 3.25. The highest BCUT2D eigenvalue weighted by atomic mass is 16.4. The van der Waals surface area contributed by atoms with Crippen molar-refractivity contribution in [2.24, 2.45) is 17.3 Å². The monoisotopic (exact) mass is 200 g/mol. The van der Waals surface area contributed by atoms with Gasteiger partial charge in [-0.3, -0.25) is 4.79 Å². The summed E-state index contributed by atoms with van der Waals surface area (Å²) in [5, 5.41) is 18.5. The van der Waals surface area contributed by atoms with Crippen molar-refractivity contribution in [3.05, 3.63) is 0 Å². The summed E-state index contributed by atoms with van der Waals surface area (Å²) < 4.78 is 0. The summed E-state index contributed by atoms with van der Waals surface area (Å²) in [5.41, 5.74) is 0.0171. The first-order chi connectivity index (χ1) is 6.32. The Kier molecular flexibility index (Phi) is 3.20. The number of hydrogen-bond acceptors (Lipinski definition) is 2. The van der Waals surface area contributed by atoms with Gasteiger partial charge >= 0.3 is 5.97 Å². The van der Waals surface area contributed by atoms with Gasteiger partial charge in [0.2, 0.25) is 0 Å². The molecule has 1 fully saturated rings. The van der Waals surface area contributed by atoms with Crippen molar-refractivity contribution >= 4 is 5.97 Å². The van der Waals surface area contributed by atoms with Crippen molar-refractivity contribution < 1.29 is 15.0 Å². The van der Waals surface area contributed by atoms with E-state index in [2.05, 4.69) is 20.8 Å². The molecule has 0 aromatic rings. The first-order valence-electron chi connectivity index (χ1n) is 5.23. The molecule has 14 heavy (non-hydrogen) atoms. The molecular weight excluding hydrogens is 180 g/mol. The van der Waals surface area contributed by atoms with Crippen molar-refractivity contribution in [1.29, 1.82) is 0 Å². The fraction of sp³-hybridized carbons (Fsp3) is 0.909. The van der Waals surface area contributed by atoms with E-state index in [-0.39, 0.29) is 17.3 Å². The van der Waals surface area contributed by atoms with Crippen molar-refractivity contribution in [3.8, 4) is 0 Å². The fourth-order valence-electron chi connectivity index (χ4n) is 2.46. The van der Waals surface area contributed by atoms with Crippen LogP contribution in [-0.4, -0.2) is 22.3 Å². The maximum atomic E-state index is 11.0. The summed E-state index contributed by atoms with van der Waals surface area (Å²) in [6, 6.07) is 0. The van der Waals surface area contributed by atoms with Gasteiger partial charge in [0.15, 0.2) is 0 Å². The highest BCUT2D eigenvalue weighted by Crippen LogP contribution is 2.41. The predicted octanol–water partition coefficient (Wildman–Crippen LogP) is 1.89. The molecule has 0 radical (unpaired) electrons. The first kappa shape index (κ1) is 11.5. The Morgan fingerprint density at radius 1 is 1.29 bits per heavy atom. The van der Waals surface area contributed by atoms with Crippen LogP contribution in [0.2, 0.25) is 0 Å². The molecule has 0 bridgehead atoms. The quantitative estimate of drug-likeness (QED) is 0.679. The van der Waals surface area contributed by atoms with Crippen LogP contribution in [0.5, 0.6) is 0 Å². The molecule has 2 N–H and O–H groups in total. The van der Waals surface area contributed by atoms with Gasteiger partial charge in [-0.25, -0.2) is 0 Å². The molecule has 0 aromatic heterocycles. The molecule has 0 amide bonds. The van der Waals surface area contributed by atoms with E-state index >= 15 is 0 Å². The van der Waals surface area contributed by atoms with E-state index in [9.17, 15) is 9.90 Å². The number of aliphatic carboxylic acids is 1. The predicted molar refractivity (Wildman–Crippen MR) is 53.9 cm³/mol. The molecule has 1 aliphatic carbocycles. The maximum Gasteiger partial charge on any atom is 0.306 e. The van der Waals surface area contributed by atoms with Crippen LogP contribution in [0.25, 0.3) is 0 Å². The maximum absolute atomic E-state index is 11.0. The Bertz CT molecular complexity index is 217. The van der Waals surface area contributed by atoms with Crippen molar-refractivity contribution in [3.63, 3.8) is 0 Å². The molecule has 0 aliphatic heterocycles. The highest BCUT2D eigenvalue weighted by Gasteiger charge is 2.40. The molecule has 1 saturated carbocycles. The lowest BCUT2D eigenvalue weighted by molar-refractivity contribution is -0.149. The molecule has 0 saturated heterocycles. The normalized spacial score (nSPS) is 34.1. The minimum absolute atomic E-state index is 0.0171. The number of carboxylic acid groups (broad SMARTS) is 1. The molecule has 1 aliphatic rings. The number of aliphatic hydroxyl groups excluding tert-OH is 1. The smallest absolute Gasteiger partial charge is 0.306 e. The van der Waals surface area contributed by atoms with Gasteiger partial charge in [-0.15, -0.1) is 0 Å². The summed E-state index contributed by atoms with van der Waals surface area (Å²) in [6.45, 7) is 6.22. The van der Waals surface area contributed by atoms with Crippen LogP contribution in [0, 0.1) is 17.3 Å². The Morgan fingerprint density at radius 2 is 1.86 bits per heavy atom. The van der Waals surface area contributed by atoms with E-state index in [1.807, 2.05) is 0 Å². The van der Waals surface area contributed by atoms with Crippen LogP contribution in [0.4, 0.5) is 0 Å². The van der Waals surface area contributed by atoms with Crippen LogP contribution in [-0.2, 0) is 4.79 Å². The first-order valence-corrected chi connectivity index (χ1v) is 5.23. The van der Waals surface area contributed by atoms with Crippen LogP contribution >= 0.6 is 0 Å². The Hall–Kier alpha value is -0.570. The lowest BCUT2D eigenvalue weighted by Gasteiger charge is -2.39. The lowest BCUT2D eigenvalue weighted by Crippen LogP contribution is -2.39. The number of carboxylic acids is 1. The van der Waals surface area contributed by atoms with E-state index < -0.39 is 12.1 Å². The Labute approximate surface area is 85.1 Å². The van der Waals surface area contributed by atoms with Crippen LogP contribution < -0.4 is 0 Å². The van der Waals surface area contributed by atoms with Gasteiger partial charge in [-0.1, -0.05) is 20.8 Å². The summed E-state index contributed by atoms with van der Waals surface area (Å²) in [7, 11) is 0. The number of rotatable bonds is 1. The van der Waals surface area contributed by atoms with Crippen LogP contribution in [0.15, 0.2) is 0 Å². The highest BCUT2D eigenvalue weighted by molar-refractivity contribution is 5.70.